The number of hydrogen-bond donors (Lipinski definition) is 1. The second-order valence-electron chi connectivity index (χ2n) is 3.13. The molecule has 0 saturated carbocycles. The molecule has 0 spiro atoms. The van der Waals surface area contributed by atoms with E-state index in [1.54, 1.807) is 18.4 Å². The fraction of sp³-hybridized carbons (Fsp3) is 0.556. The van der Waals surface area contributed by atoms with Crippen LogP contribution in [-0.4, -0.2) is 7.11 Å². The summed E-state index contributed by atoms with van der Waals surface area (Å²) in [5.74, 6) is 0.480. The van der Waals surface area contributed by atoms with Crippen molar-refractivity contribution in [2.75, 3.05) is 7.11 Å². The van der Waals surface area contributed by atoms with Crippen molar-refractivity contribution >= 4 is 11.3 Å². The molecule has 0 radical (unpaired) electrons. The maximum absolute atomic E-state index is 5.96. The molecule has 0 aliphatic rings. The van der Waals surface area contributed by atoms with Gasteiger partial charge in [0.05, 0.1) is 7.11 Å². The van der Waals surface area contributed by atoms with Crippen LogP contribution in [0.1, 0.15) is 24.8 Å². The van der Waals surface area contributed by atoms with Crippen molar-refractivity contribution in [2.45, 2.75) is 19.9 Å². The van der Waals surface area contributed by atoms with Gasteiger partial charge in [0.15, 0.2) is 5.06 Å². The molecule has 0 aliphatic carbocycles. The Balaban J connectivity index is 2.74. The predicted molar refractivity (Wildman–Crippen MR) is 52.6 cm³/mol. The molecule has 0 saturated heterocycles. The van der Waals surface area contributed by atoms with Gasteiger partial charge >= 0.3 is 0 Å². The van der Waals surface area contributed by atoms with Crippen LogP contribution in [-0.2, 0) is 0 Å². The fourth-order valence-corrected chi connectivity index (χ4v) is 1.95. The Kier molecular flexibility index (Phi) is 3.12. The molecule has 0 fully saturated rings. The average Bonchev–Trinajstić information content (AvgIpc) is 2.50. The first-order chi connectivity index (χ1) is 5.65. The lowest BCUT2D eigenvalue weighted by Crippen LogP contribution is -2.14. The molecule has 1 unspecified atom stereocenters. The van der Waals surface area contributed by atoms with E-state index < -0.39 is 0 Å². The normalized spacial score (nSPS) is 13.4. The largest absolute Gasteiger partial charge is 0.487 e. The fourth-order valence-electron chi connectivity index (χ4n) is 0.952. The van der Waals surface area contributed by atoms with Crippen LogP contribution in [0.15, 0.2) is 12.1 Å². The van der Waals surface area contributed by atoms with Crippen molar-refractivity contribution in [3.8, 4) is 5.06 Å². The van der Waals surface area contributed by atoms with E-state index in [0.717, 1.165) is 5.06 Å². The summed E-state index contributed by atoms with van der Waals surface area (Å²) in [5.41, 5.74) is 5.96. The smallest absolute Gasteiger partial charge is 0.173 e. The molecule has 0 bridgehead atoms. The lowest BCUT2D eigenvalue weighted by Gasteiger charge is -2.12. The molecule has 1 aromatic heterocycles. The van der Waals surface area contributed by atoms with Crippen molar-refractivity contribution < 1.29 is 4.74 Å². The minimum atomic E-state index is 0.138. The third kappa shape index (κ3) is 1.99. The minimum Gasteiger partial charge on any atom is -0.487 e. The molecule has 0 aromatic carbocycles. The van der Waals surface area contributed by atoms with E-state index in [1.807, 2.05) is 12.1 Å². The van der Waals surface area contributed by atoms with E-state index in [0.29, 0.717) is 5.92 Å². The Morgan fingerprint density at radius 3 is 2.50 bits per heavy atom. The molecular weight excluding hydrogens is 170 g/mol. The zero-order valence-electron chi connectivity index (χ0n) is 7.70. The third-order valence-electron chi connectivity index (χ3n) is 1.85. The quantitative estimate of drug-likeness (QED) is 0.785. The van der Waals surface area contributed by atoms with Crippen molar-refractivity contribution in [2.24, 2.45) is 11.7 Å². The van der Waals surface area contributed by atoms with Crippen LogP contribution in [0.5, 0.6) is 5.06 Å². The van der Waals surface area contributed by atoms with Gasteiger partial charge in [0, 0.05) is 10.9 Å². The van der Waals surface area contributed by atoms with Gasteiger partial charge in [-0.15, -0.1) is 11.3 Å². The molecule has 0 aliphatic heterocycles. The van der Waals surface area contributed by atoms with Crippen LogP contribution in [0.4, 0.5) is 0 Å². The molecule has 3 heteroatoms. The van der Waals surface area contributed by atoms with Crippen LogP contribution < -0.4 is 10.5 Å². The lowest BCUT2D eigenvalue weighted by molar-refractivity contribution is 0.427. The monoisotopic (exact) mass is 185 g/mol. The van der Waals surface area contributed by atoms with Gasteiger partial charge in [-0.3, -0.25) is 0 Å². The summed E-state index contributed by atoms with van der Waals surface area (Å²) in [4.78, 5) is 1.20. The molecule has 0 amide bonds. The molecule has 2 N–H and O–H groups in total. The molecule has 12 heavy (non-hydrogen) atoms. The molecule has 1 atom stereocenters. The van der Waals surface area contributed by atoms with Gasteiger partial charge in [0.1, 0.15) is 0 Å². The summed E-state index contributed by atoms with van der Waals surface area (Å²) < 4.78 is 5.09. The zero-order chi connectivity index (χ0) is 9.14. The van der Waals surface area contributed by atoms with Crippen LogP contribution in [0.25, 0.3) is 0 Å². The summed E-state index contributed by atoms with van der Waals surface area (Å²) in [6.45, 7) is 4.24. The van der Waals surface area contributed by atoms with E-state index >= 15 is 0 Å². The summed E-state index contributed by atoms with van der Waals surface area (Å²) in [6.07, 6.45) is 0. The maximum atomic E-state index is 5.96. The summed E-state index contributed by atoms with van der Waals surface area (Å²) in [7, 11) is 1.68. The Labute approximate surface area is 77.3 Å². The highest BCUT2D eigenvalue weighted by molar-refractivity contribution is 7.13. The van der Waals surface area contributed by atoms with E-state index in [1.165, 1.54) is 4.88 Å². The average molecular weight is 185 g/mol. The summed E-state index contributed by atoms with van der Waals surface area (Å²) in [6, 6.07) is 4.13. The van der Waals surface area contributed by atoms with Crippen molar-refractivity contribution in [1.82, 2.24) is 0 Å². The predicted octanol–water partition coefficient (Wildman–Crippen LogP) is 2.41. The van der Waals surface area contributed by atoms with Gasteiger partial charge < -0.3 is 10.5 Å². The number of hydrogen-bond acceptors (Lipinski definition) is 3. The van der Waals surface area contributed by atoms with Crippen molar-refractivity contribution in [1.29, 1.82) is 0 Å². The number of thiophene rings is 1. The highest BCUT2D eigenvalue weighted by atomic mass is 32.1. The molecule has 1 heterocycles. The van der Waals surface area contributed by atoms with Crippen molar-refractivity contribution in [3.05, 3.63) is 17.0 Å². The van der Waals surface area contributed by atoms with E-state index in [2.05, 4.69) is 13.8 Å². The van der Waals surface area contributed by atoms with Crippen LogP contribution in [0, 0.1) is 5.92 Å². The third-order valence-corrected chi connectivity index (χ3v) is 3.00. The number of rotatable bonds is 3. The van der Waals surface area contributed by atoms with E-state index in [-0.39, 0.29) is 6.04 Å². The number of nitrogens with two attached hydrogens (primary N) is 1. The Morgan fingerprint density at radius 1 is 1.42 bits per heavy atom. The van der Waals surface area contributed by atoms with E-state index in [4.69, 9.17) is 10.5 Å². The van der Waals surface area contributed by atoms with Gasteiger partial charge in [-0.2, -0.15) is 0 Å². The van der Waals surface area contributed by atoms with Gasteiger partial charge in [-0.05, 0) is 18.1 Å². The molecule has 2 nitrogen and oxygen atoms in total. The first-order valence-corrected chi connectivity index (χ1v) is 4.86. The molecule has 1 rings (SSSR count). The number of ether oxygens (including phenoxy) is 1. The van der Waals surface area contributed by atoms with E-state index in [9.17, 15) is 0 Å². The maximum Gasteiger partial charge on any atom is 0.173 e. The Hall–Kier alpha value is -0.540. The zero-order valence-corrected chi connectivity index (χ0v) is 8.52. The van der Waals surface area contributed by atoms with Gasteiger partial charge in [0.25, 0.3) is 0 Å². The van der Waals surface area contributed by atoms with Crippen LogP contribution in [0.2, 0.25) is 0 Å². The van der Waals surface area contributed by atoms with Gasteiger partial charge in [0.2, 0.25) is 0 Å². The van der Waals surface area contributed by atoms with Crippen LogP contribution >= 0.6 is 11.3 Å². The lowest BCUT2D eigenvalue weighted by atomic mass is 10.0. The second kappa shape index (κ2) is 3.92. The molecular formula is C9H15NOS. The SMILES string of the molecule is COc1ccc(C(N)C(C)C)s1. The summed E-state index contributed by atoms with van der Waals surface area (Å²) in [5, 5.41) is 0.932. The van der Waals surface area contributed by atoms with Crippen molar-refractivity contribution in [3.63, 3.8) is 0 Å². The highest BCUT2D eigenvalue weighted by Gasteiger charge is 2.12. The van der Waals surface area contributed by atoms with Gasteiger partial charge in [-0.1, -0.05) is 13.8 Å². The topological polar surface area (TPSA) is 35.2 Å². The minimum absolute atomic E-state index is 0.138. The number of methoxy groups -OCH3 is 1. The Morgan fingerprint density at radius 2 is 2.08 bits per heavy atom. The first kappa shape index (κ1) is 9.55. The molecule has 68 valence electrons. The Bertz CT molecular complexity index is 244. The van der Waals surface area contributed by atoms with Crippen LogP contribution in [0.3, 0.4) is 0 Å². The second-order valence-corrected chi connectivity index (χ2v) is 4.21. The van der Waals surface area contributed by atoms with Gasteiger partial charge in [-0.25, -0.2) is 0 Å². The highest BCUT2D eigenvalue weighted by Crippen LogP contribution is 2.30. The molecule has 1 aromatic rings. The summed E-state index contributed by atoms with van der Waals surface area (Å²) >= 11 is 1.62. The standard InChI is InChI=1S/C9H15NOS/c1-6(2)9(10)7-4-5-8(11-3)12-7/h4-6,9H,10H2,1-3H3. The first-order valence-electron chi connectivity index (χ1n) is 4.04.